The van der Waals surface area contributed by atoms with E-state index in [0.29, 0.717) is 39.8 Å². The Hall–Kier alpha value is -5.93. The summed E-state index contributed by atoms with van der Waals surface area (Å²) in [5, 5.41) is 9.13. The number of rotatable bonds is 6. The fourth-order valence-corrected chi connectivity index (χ4v) is 5.68. The van der Waals surface area contributed by atoms with Crippen molar-refractivity contribution in [3.05, 3.63) is 107 Å². The van der Waals surface area contributed by atoms with Crippen molar-refractivity contribution in [1.82, 2.24) is 39.0 Å². The van der Waals surface area contributed by atoms with Crippen LogP contribution in [0.5, 0.6) is 0 Å². The van der Waals surface area contributed by atoms with Gasteiger partial charge in [0.05, 0.1) is 17.0 Å². The third kappa shape index (κ3) is 5.37. The largest absolute Gasteiger partial charge is 0.383 e. The van der Waals surface area contributed by atoms with Gasteiger partial charge in [0, 0.05) is 63.9 Å². The summed E-state index contributed by atoms with van der Waals surface area (Å²) >= 11 is 0. The van der Waals surface area contributed by atoms with E-state index in [4.69, 9.17) is 21.0 Å². The van der Waals surface area contributed by atoms with Gasteiger partial charge >= 0.3 is 0 Å². The second-order valence-corrected chi connectivity index (χ2v) is 10.8. The summed E-state index contributed by atoms with van der Waals surface area (Å²) in [6, 6.07) is 24.9. The Morgan fingerprint density at radius 2 is 1.69 bits per heavy atom. The molecule has 1 fully saturated rings. The van der Waals surface area contributed by atoms with Crippen molar-refractivity contribution in [2.75, 3.05) is 36.8 Å². The summed E-state index contributed by atoms with van der Waals surface area (Å²) in [6.45, 7) is 4.19. The van der Waals surface area contributed by atoms with Crippen LogP contribution in [0.25, 0.3) is 39.6 Å². The standard InChI is InChI=1S/C33H29N11O/c1-41-27(5-2-6-30(41)45)25-11-12-26-33(38-25)44(32(39-26)24-4-3-14-37-31(24)35)23-9-7-22(8-10-23)21-42-16-18-43(19-17-42)29-13-15-36-28(20-34)40-29/h2-15H,16-19,21H2,1H3,(H2,35,37). The van der Waals surface area contributed by atoms with Crippen LogP contribution in [-0.2, 0) is 13.6 Å². The van der Waals surface area contributed by atoms with E-state index in [-0.39, 0.29) is 11.4 Å². The zero-order valence-electron chi connectivity index (χ0n) is 24.6. The number of nitriles is 1. The van der Waals surface area contributed by atoms with E-state index in [2.05, 4.69) is 49.0 Å². The lowest BCUT2D eigenvalue weighted by Gasteiger charge is -2.35. The number of fused-ring (bicyclic) bond motifs is 1. The van der Waals surface area contributed by atoms with Crippen molar-refractivity contribution in [2.24, 2.45) is 7.05 Å². The SMILES string of the molecule is Cn1c(-c2ccc3nc(-c4cccnc4N)n(-c4ccc(CN5CCN(c6ccnc(C#N)n6)CC5)cc4)c3n2)cccc1=O. The summed E-state index contributed by atoms with van der Waals surface area (Å²) in [4.78, 5) is 39.5. The van der Waals surface area contributed by atoms with E-state index in [1.807, 2.05) is 47.0 Å². The van der Waals surface area contributed by atoms with Gasteiger partial charge in [0.2, 0.25) is 5.82 Å². The quantitative estimate of drug-likeness (QED) is 0.304. The number of piperazine rings is 1. The lowest BCUT2D eigenvalue weighted by atomic mass is 10.1. The summed E-state index contributed by atoms with van der Waals surface area (Å²) in [6.07, 6.45) is 3.29. The summed E-state index contributed by atoms with van der Waals surface area (Å²) in [5.41, 5.74) is 11.7. The maximum Gasteiger partial charge on any atom is 0.250 e. The number of hydrogen-bond donors (Lipinski definition) is 1. The van der Waals surface area contributed by atoms with Crippen molar-refractivity contribution in [3.63, 3.8) is 0 Å². The molecule has 6 heterocycles. The molecule has 0 unspecified atom stereocenters. The van der Waals surface area contributed by atoms with Crippen LogP contribution in [0.15, 0.2) is 90.0 Å². The molecule has 0 saturated carbocycles. The number of hydrogen-bond acceptors (Lipinski definition) is 10. The molecule has 222 valence electrons. The molecule has 0 radical (unpaired) electrons. The molecule has 6 aromatic rings. The first kappa shape index (κ1) is 27.9. The van der Waals surface area contributed by atoms with Gasteiger partial charge in [0.1, 0.15) is 23.2 Å². The van der Waals surface area contributed by atoms with Crippen LogP contribution in [0.3, 0.4) is 0 Å². The molecule has 0 bridgehead atoms. The average molecular weight is 596 g/mol. The first-order chi connectivity index (χ1) is 22.0. The maximum absolute atomic E-state index is 12.3. The van der Waals surface area contributed by atoms with Crippen molar-refractivity contribution in [1.29, 1.82) is 5.26 Å². The van der Waals surface area contributed by atoms with Gasteiger partial charge in [-0.05, 0) is 54.1 Å². The van der Waals surface area contributed by atoms with Crippen LogP contribution in [0.2, 0.25) is 0 Å². The van der Waals surface area contributed by atoms with E-state index in [9.17, 15) is 4.79 Å². The van der Waals surface area contributed by atoms with Crippen LogP contribution < -0.4 is 16.2 Å². The Morgan fingerprint density at radius 1 is 0.867 bits per heavy atom. The number of aromatic nitrogens is 7. The molecule has 12 heteroatoms. The van der Waals surface area contributed by atoms with Crippen LogP contribution in [0.1, 0.15) is 11.4 Å². The van der Waals surface area contributed by atoms with Gasteiger partial charge < -0.3 is 15.2 Å². The molecule has 7 rings (SSSR count). The third-order valence-corrected chi connectivity index (χ3v) is 8.07. The monoisotopic (exact) mass is 595 g/mol. The molecular formula is C33H29N11O. The molecule has 1 aromatic carbocycles. The minimum absolute atomic E-state index is 0.106. The molecule has 0 atom stereocenters. The Morgan fingerprint density at radius 3 is 2.47 bits per heavy atom. The Kier molecular flexibility index (Phi) is 7.20. The van der Waals surface area contributed by atoms with Gasteiger partial charge in [-0.15, -0.1) is 0 Å². The highest BCUT2D eigenvalue weighted by Gasteiger charge is 2.21. The molecule has 12 nitrogen and oxygen atoms in total. The van der Waals surface area contributed by atoms with Gasteiger partial charge in [-0.2, -0.15) is 5.26 Å². The van der Waals surface area contributed by atoms with Gasteiger partial charge in [-0.1, -0.05) is 18.2 Å². The number of nitrogens with zero attached hydrogens (tertiary/aromatic N) is 10. The minimum Gasteiger partial charge on any atom is -0.383 e. The average Bonchev–Trinajstić information content (AvgIpc) is 3.45. The Bertz CT molecular complexity index is 2120. The third-order valence-electron chi connectivity index (χ3n) is 8.07. The number of anilines is 2. The van der Waals surface area contributed by atoms with Gasteiger partial charge in [0.25, 0.3) is 5.56 Å². The topological polar surface area (TPSA) is 148 Å². The van der Waals surface area contributed by atoms with Gasteiger partial charge in [-0.25, -0.2) is 24.9 Å². The second-order valence-electron chi connectivity index (χ2n) is 10.8. The molecule has 0 amide bonds. The minimum atomic E-state index is -0.106. The second kappa shape index (κ2) is 11.6. The first-order valence-electron chi connectivity index (χ1n) is 14.5. The molecule has 0 aliphatic carbocycles. The van der Waals surface area contributed by atoms with E-state index in [1.165, 1.54) is 11.6 Å². The van der Waals surface area contributed by atoms with E-state index in [1.54, 1.807) is 30.1 Å². The fourth-order valence-electron chi connectivity index (χ4n) is 5.68. The number of benzene rings is 1. The predicted molar refractivity (Wildman–Crippen MR) is 171 cm³/mol. The Balaban J connectivity index is 1.19. The van der Waals surface area contributed by atoms with Crippen LogP contribution in [-0.4, -0.2) is 65.1 Å². The highest BCUT2D eigenvalue weighted by atomic mass is 16.1. The Labute approximate surface area is 258 Å². The van der Waals surface area contributed by atoms with Crippen molar-refractivity contribution < 1.29 is 0 Å². The number of pyridine rings is 3. The lowest BCUT2D eigenvalue weighted by Crippen LogP contribution is -2.46. The molecular weight excluding hydrogens is 566 g/mol. The van der Waals surface area contributed by atoms with Crippen LogP contribution in [0.4, 0.5) is 11.6 Å². The maximum atomic E-state index is 12.3. The highest BCUT2D eigenvalue weighted by molar-refractivity contribution is 5.84. The zero-order chi connectivity index (χ0) is 30.9. The van der Waals surface area contributed by atoms with Crippen molar-refractivity contribution in [3.8, 4) is 34.5 Å². The van der Waals surface area contributed by atoms with E-state index in [0.717, 1.165) is 44.2 Å². The molecule has 1 saturated heterocycles. The lowest BCUT2D eigenvalue weighted by molar-refractivity contribution is 0.249. The van der Waals surface area contributed by atoms with E-state index < -0.39 is 0 Å². The molecule has 1 aliphatic heterocycles. The fraction of sp³-hybridized carbons (Fsp3) is 0.182. The molecule has 1 aliphatic rings. The van der Waals surface area contributed by atoms with Crippen LogP contribution in [0, 0.1) is 11.3 Å². The molecule has 45 heavy (non-hydrogen) atoms. The smallest absolute Gasteiger partial charge is 0.250 e. The number of nitrogen functional groups attached to an aromatic ring is 1. The summed E-state index contributed by atoms with van der Waals surface area (Å²) < 4.78 is 3.58. The zero-order valence-corrected chi connectivity index (χ0v) is 24.6. The van der Waals surface area contributed by atoms with Crippen LogP contribution >= 0.6 is 0 Å². The molecule has 5 aromatic heterocycles. The van der Waals surface area contributed by atoms with Crippen molar-refractivity contribution in [2.45, 2.75) is 6.54 Å². The number of imidazole rings is 1. The van der Waals surface area contributed by atoms with Crippen molar-refractivity contribution >= 4 is 22.8 Å². The van der Waals surface area contributed by atoms with E-state index >= 15 is 0 Å². The summed E-state index contributed by atoms with van der Waals surface area (Å²) in [7, 11) is 1.74. The van der Waals surface area contributed by atoms with Gasteiger partial charge in [0.15, 0.2) is 11.5 Å². The highest BCUT2D eigenvalue weighted by Crippen LogP contribution is 2.31. The number of nitrogens with two attached hydrogens (primary N) is 1. The predicted octanol–water partition coefficient (Wildman–Crippen LogP) is 3.41. The first-order valence-corrected chi connectivity index (χ1v) is 14.5. The normalized spacial score (nSPS) is 13.6. The molecule has 2 N–H and O–H groups in total. The molecule has 0 spiro atoms. The summed E-state index contributed by atoms with van der Waals surface area (Å²) in [5.74, 6) is 1.98. The van der Waals surface area contributed by atoms with Gasteiger partial charge in [-0.3, -0.25) is 14.3 Å².